The molecule has 1 aromatic carbocycles. The summed E-state index contributed by atoms with van der Waals surface area (Å²) >= 11 is 0. The Kier molecular flexibility index (Phi) is 7.55. The van der Waals surface area contributed by atoms with Crippen LogP contribution in [0, 0.1) is 6.08 Å². The fraction of sp³-hybridized carbons (Fsp3) is 0.188. The van der Waals surface area contributed by atoms with E-state index in [4.69, 9.17) is 0 Å². The van der Waals surface area contributed by atoms with Crippen LogP contribution in [0.15, 0.2) is 47.7 Å². The van der Waals surface area contributed by atoms with Gasteiger partial charge in [-0.05, 0) is 11.5 Å². The summed E-state index contributed by atoms with van der Waals surface area (Å²) in [5, 5.41) is 1.20. The first-order valence-corrected chi connectivity index (χ1v) is 5.89. The number of allylic oxidation sites excluding steroid dienone is 4. The Bertz CT molecular complexity index is 657. The van der Waals surface area contributed by atoms with Crippen molar-refractivity contribution in [2.45, 2.75) is 20.3 Å². The van der Waals surface area contributed by atoms with Crippen LogP contribution in [0.1, 0.15) is 25.8 Å². The Labute approximate surface area is 143 Å². The molecule has 1 radical (unpaired) electrons. The molecule has 1 nitrogen and oxygen atoms in total. The number of hydrogen-bond donors (Lipinski definition) is 0. The molecule has 20 heavy (non-hydrogen) atoms. The summed E-state index contributed by atoms with van der Waals surface area (Å²) in [5.74, 6) is 0. The zero-order valence-corrected chi connectivity index (χ0v) is 14.1. The van der Waals surface area contributed by atoms with Gasteiger partial charge in [0, 0.05) is 6.20 Å². The van der Waals surface area contributed by atoms with Gasteiger partial charge in [-0.2, -0.15) is 11.1 Å². The van der Waals surface area contributed by atoms with Crippen LogP contribution in [0.5, 0.6) is 0 Å². The van der Waals surface area contributed by atoms with Crippen LogP contribution in [0.2, 0.25) is 0 Å². The summed E-state index contributed by atoms with van der Waals surface area (Å²) in [6.07, 6.45) is 6.26. The van der Waals surface area contributed by atoms with Crippen LogP contribution in [-0.4, -0.2) is 4.98 Å². The van der Waals surface area contributed by atoms with Crippen molar-refractivity contribution in [1.82, 2.24) is 4.98 Å². The number of nitrogens with zero attached hydrogens (tertiary/aromatic N) is 1. The van der Waals surface area contributed by atoms with E-state index >= 15 is 0 Å². The number of halogens is 2. The van der Waals surface area contributed by atoms with Gasteiger partial charge in [0.15, 0.2) is 0 Å². The van der Waals surface area contributed by atoms with E-state index in [1.54, 1.807) is 0 Å². The fourth-order valence-electron chi connectivity index (χ4n) is 2.48. The van der Waals surface area contributed by atoms with Gasteiger partial charge in [-0.3, -0.25) is 4.98 Å². The third kappa shape index (κ3) is 3.45. The Hall–Kier alpha value is -0.778. The van der Waals surface area contributed by atoms with Gasteiger partial charge in [0.2, 0.25) is 0 Å². The second-order valence-electron chi connectivity index (χ2n) is 4.57. The van der Waals surface area contributed by atoms with Gasteiger partial charge in [-0.1, -0.05) is 50.1 Å². The molecule has 103 valence electrons. The standard InChI is InChI=1S/C16H14N.2ClH.Cr/c1-11-9-12(2)15(10-11)14-7-3-5-13-6-4-8-17-16(13)14;;;/h3-8H,10H2,1-2H3;2*1H;/q-1;;;+3/p-2. The summed E-state index contributed by atoms with van der Waals surface area (Å²) in [5.41, 5.74) is 6.28. The molecule has 0 fully saturated rings. The fourth-order valence-corrected chi connectivity index (χ4v) is 2.48. The summed E-state index contributed by atoms with van der Waals surface area (Å²) < 4.78 is 0. The van der Waals surface area contributed by atoms with E-state index in [-0.39, 0.29) is 42.2 Å². The molecule has 0 spiro atoms. The van der Waals surface area contributed by atoms with Crippen LogP contribution >= 0.6 is 0 Å². The first kappa shape index (κ1) is 19.2. The van der Waals surface area contributed by atoms with E-state index in [1.165, 1.54) is 27.7 Å². The topological polar surface area (TPSA) is 12.9 Å². The minimum Gasteiger partial charge on any atom is -1.00 e. The number of fused-ring (bicyclic) bond motifs is 1. The molecular formula is C16H14Cl2CrN. The molecule has 0 unspecified atom stereocenters. The van der Waals surface area contributed by atoms with Crippen LogP contribution in [0.4, 0.5) is 0 Å². The van der Waals surface area contributed by atoms with E-state index in [0.717, 1.165) is 11.9 Å². The average Bonchev–Trinajstić information content (AvgIpc) is 2.68. The second-order valence-corrected chi connectivity index (χ2v) is 4.57. The average molecular weight is 343 g/mol. The summed E-state index contributed by atoms with van der Waals surface area (Å²) in [4.78, 5) is 4.51. The third-order valence-corrected chi connectivity index (χ3v) is 3.25. The van der Waals surface area contributed by atoms with Crippen molar-refractivity contribution >= 4 is 16.5 Å². The van der Waals surface area contributed by atoms with Gasteiger partial charge < -0.3 is 24.8 Å². The molecule has 0 N–H and O–H groups in total. The minimum atomic E-state index is 0. The SMILES string of the molecule is CC1=[C-]C(C)=C(c2cccc3cccnc23)C1.[Cl-].[Cl-].[Cr+3]. The smallest absolute Gasteiger partial charge is 1.00 e. The van der Waals surface area contributed by atoms with Gasteiger partial charge in [-0.25, -0.2) is 11.6 Å². The first-order chi connectivity index (χ1) is 8.25. The van der Waals surface area contributed by atoms with Gasteiger partial charge in [-0.15, -0.1) is 0 Å². The number of benzene rings is 1. The van der Waals surface area contributed by atoms with E-state index in [1.807, 2.05) is 12.3 Å². The van der Waals surface area contributed by atoms with Crippen molar-refractivity contribution in [2.24, 2.45) is 0 Å². The van der Waals surface area contributed by atoms with Crippen molar-refractivity contribution in [2.75, 3.05) is 0 Å². The number of hydrogen-bond acceptors (Lipinski definition) is 1. The minimum absolute atomic E-state index is 0. The monoisotopic (exact) mass is 342 g/mol. The number of aromatic nitrogens is 1. The molecule has 0 bridgehead atoms. The molecule has 1 aromatic heterocycles. The Morgan fingerprint density at radius 2 is 1.75 bits per heavy atom. The molecule has 1 aliphatic carbocycles. The summed E-state index contributed by atoms with van der Waals surface area (Å²) in [6.45, 7) is 4.27. The summed E-state index contributed by atoms with van der Waals surface area (Å²) in [7, 11) is 0. The maximum absolute atomic E-state index is 4.51. The van der Waals surface area contributed by atoms with Crippen LogP contribution in [-0.2, 0) is 17.4 Å². The van der Waals surface area contributed by atoms with Gasteiger partial charge in [0.1, 0.15) is 0 Å². The molecule has 0 saturated carbocycles. The van der Waals surface area contributed by atoms with Crippen molar-refractivity contribution in [3.05, 3.63) is 59.3 Å². The van der Waals surface area contributed by atoms with Crippen molar-refractivity contribution < 1.29 is 42.2 Å². The normalized spacial score (nSPS) is 13.2. The number of rotatable bonds is 1. The summed E-state index contributed by atoms with van der Waals surface area (Å²) in [6, 6.07) is 10.5. The Morgan fingerprint density at radius 3 is 2.40 bits per heavy atom. The first-order valence-electron chi connectivity index (χ1n) is 5.89. The maximum Gasteiger partial charge on any atom is 3.00 e. The molecule has 2 aromatic rings. The number of pyridine rings is 1. The number of para-hydroxylation sites is 1. The molecule has 0 saturated heterocycles. The molecule has 0 aliphatic heterocycles. The maximum atomic E-state index is 4.51. The van der Waals surface area contributed by atoms with E-state index < -0.39 is 0 Å². The molecule has 3 rings (SSSR count). The molecule has 4 heteroatoms. The van der Waals surface area contributed by atoms with E-state index in [9.17, 15) is 0 Å². The van der Waals surface area contributed by atoms with Gasteiger partial charge in [0.05, 0.1) is 5.52 Å². The van der Waals surface area contributed by atoms with Crippen LogP contribution in [0.25, 0.3) is 16.5 Å². The third-order valence-electron chi connectivity index (χ3n) is 3.25. The molecular weight excluding hydrogens is 329 g/mol. The van der Waals surface area contributed by atoms with Gasteiger partial charge in [0.25, 0.3) is 0 Å². The zero-order valence-electron chi connectivity index (χ0n) is 11.3. The van der Waals surface area contributed by atoms with Gasteiger partial charge >= 0.3 is 17.4 Å². The van der Waals surface area contributed by atoms with Crippen molar-refractivity contribution in [3.8, 4) is 0 Å². The molecule has 0 amide bonds. The van der Waals surface area contributed by atoms with Crippen molar-refractivity contribution in [1.29, 1.82) is 0 Å². The molecule has 1 aliphatic rings. The zero-order chi connectivity index (χ0) is 11.8. The van der Waals surface area contributed by atoms with Crippen LogP contribution in [0.3, 0.4) is 0 Å². The molecule has 0 atom stereocenters. The predicted octanol–water partition coefficient (Wildman–Crippen LogP) is -1.83. The van der Waals surface area contributed by atoms with Crippen molar-refractivity contribution in [3.63, 3.8) is 0 Å². The van der Waals surface area contributed by atoms with E-state index in [2.05, 4.69) is 49.2 Å². The van der Waals surface area contributed by atoms with Crippen LogP contribution < -0.4 is 24.8 Å². The molecule has 1 heterocycles. The second kappa shape index (κ2) is 7.86. The largest absolute Gasteiger partial charge is 3.00 e. The predicted molar refractivity (Wildman–Crippen MR) is 71.4 cm³/mol. The van der Waals surface area contributed by atoms with E-state index in [0.29, 0.717) is 0 Å². The Morgan fingerprint density at radius 1 is 1.05 bits per heavy atom. The Balaban J connectivity index is 0.00000120. The quantitative estimate of drug-likeness (QED) is 0.555.